The van der Waals surface area contributed by atoms with Gasteiger partial charge in [-0.05, 0) is 0 Å². The normalized spacial score (nSPS) is 14.5. The first-order chi connectivity index (χ1) is 26.1. The average molecular weight is 738 g/mol. The number of benzene rings is 7. The van der Waals surface area contributed by atoms with Crippen LogP contribution in [0.1, 0.15) is 25.0 Å². The van der Waals surface area contributed by atoms with Crippen LogP contribution >= 0.6 is 0 Å². The van der Waals surface area contributed by atoms with Gasteiger partial charge in [0.25, 0.3) is 0 Å². The topological polar surface area (TPSA) is 30.7 Å². The third-order valence-electron chi connectivity index (χ3n) is 11.9. The molecule has 0 spiro atoms. The van der Waals surface area contributed by atoms with Gasteiger partial charge in [0, 0.05) is 0 Å². The molecule has 3 nitrogen and oxygen atoms in total. The van der Waals surface area contributed by atoms with E-state index in [1.165, 1.54) is 61.8 Å². The first-order valence-corrected chi connectivity index (χ1v) is 22.6. The van der Waals surface area contributed by atoms with Crippen LogP contribution in [-0.2, 0) is 5.41 Å². The number of nitrogens with zero attached hydrogens (tertiary/aromatic N) is 3. The second kappa shape index (κ2) is 11.2. The molecule has 3 heterocycles. The van der Waals surface area contributed by atoms with Crippen LogP contribution in [0.15, 0.2) is 176 Å². The molecule has 0 atom stereocenters. The van der Waals surface area contributed by atoms with Crippen molar-refractivity contribution in [3.05, 3.63) is 187 Å². The van der Waals surface area contributed by atoms with Crippen LogP contribution in [0.25, 0.3) is 61.3 Å². The number of aromatic nitrogens is 3. The Balaban J connectivity index is 1.33. The molecule has 1 aliphatic carbocycles. The standard InChI is InChI=1S/C49H35GeN3/c1-49(2)39-27-15-12-24-35(39)36-30-31-42-43(45(36)49)38-26-14-17-29-41(38)53(42)48-44-37-25-13-16-28-40(37)50(33-20-8-4-9-21-33,34-22-10-5-11-23-34)46(44)51-47(52-48)32-18-6-3-7-19-32/h3-31H,1-2H3. The molecule has 1 aliphatic heterocycles. The molecule has 0 fully saturated rings. The quantitative estimate of drug-likeness (QED) is 0.169. The molecule has 9 aromatic rings. The molecule has 0 saturated carbocycles. The second-order valence-corrected chi connectivity index (χ2v) is 22.6. The molecule has 0 radical (unpaired) electrons. The average Bonchev–Trinajstić information content (AvgIpc) is 3.80. The van der Waals surface area contributed by atoms with Gasteiger partial charge in [-0.1, -0.05) is 0 Å². The maximum absolute atomic E-state index is 5.74. The number of rotatable bonds is 4. The van der Waals surface area contributed by atoms with E-state index in [2.05, 4.69) is 194 Å². The monoisotopic (exact) mass is 739 g/mol. The summed E-state index contributed by atoms with van der Waals surface area (Å²) in [6.07, 6.45) is 0. The summed E-state index contributed by atoms with van der Waals surface area (Å²) in [6.45, 7) is 4.77. The minimum atomic E-state index is -3.70. The van der Waals surface area contributed by atoms with Crippen molar-refractivity contribution in [2.45, 2.75) is 19.3 Å². The molecule has 0 saturated heterocycles. The van der Waals surface area contributed by atoms with Crippen LogP contribution < -0.4 is 17.7 Å². The predicted molar refractivity (Wildman–Crippen MR) is 222 cm³/mol. The van der Waals surface area contributed by atoms with Crippen molar-refractivity contribution in [3.8, 4) is 39.5 Å². The van der Waals surface area contributed by atoms with Crippen molar-refractivity contribution in [3.63, 3.8) is 0 Å². The van der Waals surface area contributed by atoms with E-state index in [1.807, 2.05) is 0 Å². The Kier molecular flexibility index (Phi) is 6.48. The molecule has 0 N–H and O–H groups in total. The Hall–Kier alpha value is -6.04. The van der Waals surface area contributed by atoms with Gasteiger partial charge in [0.05, 0.1) is 0 Å². The van der Waals surface area contributed by atoms with E-state index in [-0.39, 0.29) is 5.41 Å². The number of fused-ring (bicyclic) bond motifs is 10. The summed E-state index contributed by atoms with van der Waals surface area (Å²) in [5, 5.41) is 2.55. The molecule has 250 valence electrons. The fraction of sp³-hybridized carbons (Fsp3) is 0.0612. The molecular formula is C49H35GeN3. The van der Waals surface area contributed by atoms with E-state index in [4.69, 9.17) is 9.97 Å². The van der Waals surface area contributed by atoms with Crippen molar-refractivity contribution in [2.24, 2.45) is 0 Å². The molecule has 0 unspecified atom stereocenters. The van der Waals surface area contributed by atoms with Crippen LogP contribution in [-0.4, -0.2) is 27.8 Å². The molecule has 7 aromatic carbocycles. The van der Waals surface area contributed by atoms with Crippen LogP contribution in [0.5, 0.6) is 0 Å². The molecule has 2 aromatic heterocycles. The number of para-hydroxylation sites is 1. The van der Waals surface area contributed by atoms with Gasteiger partial charge in [0.1, 0.15) is 0 Å². The third-order valence-corrected chi connectivity index (χ3v) is 21.7. The first kappa shape index (κ1) is 30.6. The van der Waals surface area contributed by atoms with Gasteiger partial charge < -0.3 is 0 Å². The first-order valence-electron chi connectivity index (χ1n) is 18.4. The zero-order chi connectivity index (χ0) is 35.3. The molecule has 0 bridgehead atoms. The summed E-state index contributed by atoms with van der Waals surface area (Å²) in [4.78, 5) is 11.4. The van der Waals surface area contributed by atoms with E-state index < -0.39 is 13.3 Å². The van der Waals surface area contributed by atoms with E-state index in [0.717, 1.165) is 28.3 Å². The van der Waals surface area contributed by atoms with Gasteiger partial charge in [-0.3, -0.25) is 0 Å². The maximum atomic E-state index is 5.74. The van der Waals surface area contributed by atoms with Gasteiger partial charge in [0.2, 0.25) is 0 Å². The molecule has 2 aliphatic rings. The van der Waals surface area contributed by atoms with Crippen LogP contribution in [0.3, 0.4) is 0 Å². The Labute approximate surface area is 311 Å². The van der Waals surface area contributed by atoms with E-state index in [9.17, 15) is 0 Å². The summed E-state index contributed by atoms with van der Waals surface area (Å²) in [7, 11) is 0. The van der Waals surface area contributed by atoms with Gasteiger partial charge >= 0.3 is 313 Å². The van der Waals surface area contributed by atoms with Crippen molar-refractivity contribution in [1.82, 2.24) is 14.5 Å². The van der Waals surface area contributed by atoms with Crippen molar-refractivity contribution in [2.75, 3.05) is 0 Å². The third kappa shape index (κ3) is 4.06. The molecule has 11 rings (SSSR count). The van der Waals surface area contributed by atoms with Crippen molar-refractivity contribution < 1.29 is 0 Å². The molecule has 4 heteroatoms. The predicted octanol–water partition coefficient (Wildman–Crippen LogP) is 8.90. The zero-order valence-corrected chi connectivity index (χ0v) is 31.7. The second-order valence-electron chi connectivity index (χ2n) is 14.9. The van der Waals surface area contributed by atoms with Gasteiger partial charge in [-0.15, -0.1) is 0 Å². The van der Waals surface area contributed by atoms with Crippen LogP contribution in [0.4, 0.5) is 0 Å². The van der Waals surface area contributed by atoms with E-state index >= 15 is 0 Å². The number of hydrogen-bond acceptors (Lipinski definition) is 2. The SMILES string of the molecule is CC1(C)c2ccccc2-c2ccc3c(c21)c1ccccc1n3-c1nc(-c2ccccc2)n[c]2c1-c1cccc[c]1[Ge]2([c]1ccccc1)[c]1ccccc1. The van der Waals surface area contributed by atoms with Crippen LogP contribution in [0, 0.1) is 0 Å². The summed E-state index contributed by atoms with van der Waals surface area (Å²) < 4.78 is 7.79. The van der Waals surface area contributed by atoms with E-state index in [0.29, 0.717) is 0 Å². The Bertz CT molecular complexity index is 2870. The summed E-state index contributed by atoms with van der Waals surface area (Å²) >= 11 is -3.70. The minimum absolute atomic E-state index is 0.166. The van der Waals surface area contributed by atoms with Crippen LogP contribution in [0.2, 0.25) is 0 Å². The Morgan fingerprint density at radius 3 is 1.85 bits per heavy atom. The van der Waals surface area contributed by atoms with E-state index in [1.54, 1.807) is 0 Å². The number of hydrogen-bond donors (Lipinski definition) is 0. The summed E-state index contributed by atoms with van der Waals surface area (Å²) in [5.41, 5.74) is 11.0. The fourth-order valence-corrected chi connectivity index (χ4v) is 20.2. The molecular weight excluding hydrogens is 703 g/mol. The zero-order valence-electron chi connectivity index (χ0n) is 29.6. The van der Waals surface area contributed by atoms with Gasteiger partial charge in [-0.25, -0.2) is 0 Å². The van der Waals surface area contributed by atoms with Gasteiger partial charge in [-0.2, -0.15) is 0 Å². The van der Waals surface area contributed by atoms with Crippen molar-refractivity contribution >= 4 is 52.8 Å². The molecule has 0 amide bonds. The molecule has 53 heavy (non-hydrogen) atoms. The van der Waals surface area contributed by atoms with Crippen molar-refractivity contribution in [1.29, 1.82) is 0 Å². The summed E-state index contributed by atoms with van der Waals surface area (Å²) in [5.74, 6) is 1.70. The fourth-order valence-electron chi connectivity index (χ4n) is 9.69. The summed E-state index contributed by atoms with van der Waals surface area (Å²) in [6, 6.07) is 64.6. The van der Waals surface area contributed by atoms with Gasteiger partial charge in [0.15, 0.2) is 0 Å². The Morgan fingerprint density at radius 1 is 0.509 bits per heavy atom. The Morgan fingerprint density at radius 2 is 1.11 bits per heavy atom.